The van der Waals surface area contributed by atoms with Crippen LogP contribution in [-0.2, 0) is 0 Å². The number of aromatic amines is 1. The number of rotatable bonds is 5. The Morgan fingerprint density at radius 3 is 2.58 bits per heavy atom. The standard InChI is InChI=1S/C19H23N7/c1-2-13(1)22-18-16-7-8-21-17(16)24-19(25-18)23-14-3-5-15(6-4-14)26-11-9-20-10-12-26/h3-8,13,20H,1-2,9-12H2,(H3,21,22,23,24,25). The summed E-state index contributed by atoms with van der Waals surface area (Å²) in [5, 5.41) is 11.3. The summed E-state index contributed by atoms with van der Waals surface area (Å²) in [5.74, 6) is 1.51. The van der Waals surface area contributed by atoms with Gasteiger partial charge in [0.05, 0.1) is 5.39 Å². The Kier molecular flexibility index (Phi) is 3.86. The van der Waals surface area contributed by atoms with Gasteiger partial charge in [0.25, 0.3) is 0 Å². The number of anilines is 4. The number of hydrogen-bond donors (Lipinski definition) is 4. The average Bonchev–Trinajstić information content (AvgIpc) is 3.37. The summed E-state index contributed by atoms with van der Waals surface area (Å²) < 4.78 is 0. The minimum absolute atomic E-state index is 0.550. The predicted molar refractivity (Wildman–Crippen MR) is 105 cm³/mol. The lowest BCUT2D eigenvalue weighted by molar-refractivity contribution is 0.589. The van der Waals surface area contributed by atoms with Crippen LogP contribution < -0.4 is 20.9 Å². The van der Waals surface area contributed by atoms with Crippen molar-refractivity contribution in [1.29, 1.82) is 0 Å². The molecule has 134 valence electrons. The normalized spacial score (nSPS) is 17.5. The molecule has 3 aromatic rings. The third kappa shape index (κ3) is 3.17. The molecule has 2 aliphatic rings. The van der Waals surface area contributed by atoms with Crippen LogP contribution in [0.5, 0.6) is 0 Å². The molecule has 0 amide bonds. The molecule has 1 aromatic carbocycles. The molecule has 2 fully saturated rings. The van der Waals surface area contributed by atoms with Gasteiger partial charge in [0, 0.05) is 49.8 Å². The first-order valence-corrected chi connectivity index (χ1v) is 9.29. The summed E-state index contributed by atoms with van der Waals surface area (Å²) in [4.78, 5) is 14.9. The molecule has 1 saturated heterocycles. The molecule has 0 bridgehead atoms. The molecule has 26 heavy (non-hydrogen) atoms. The van der Waals surface area contributed by atoms with Crippen molar-refractivity contribution in [2.45, 2.75) is 18.9 Å². The van der Waals surface area contributed by atoms with Crippen molar-refractivity contribution in [2.75, 3.05) is 41.7 Å². The molecular weight excluding hydrogens is 326 g/mol. The van der Waals surface area contributed by atoms with Crippen molar-refractivity contribution in [3.8, 4) is 0 Å². The van der Waals surface area contributed by atoms with Crippen molar-refractivity contribution in [3.05, 3.63) is 36.5 Å². The lowest BCUT2D eigenvalue weighted by Crippen LogP contribution is -2.43. The highest BCUT2D eigenvalue weighted by molar-refractivity contribution is 5.88. The molecular formula is C19H23N7. The van der Waals surface area contributed by atoms with E-state index in [4.69, 9.17) is 0 Å². The van der Waals surface area contributed by atoms with Crippen LogP contribution in [0.2, 0.25) is 0 Å². The Labute approximate surface area is 152 Å². The molecule has 5 rings (SSSR count). The Morgan fingerprint density at radius 2 is 1.81 bits per heavy atom. The fraction of sp³-hybridized carbons (Fsp3) is 0.368. The van der Waals surface area contributed by atoms with Gasteiger partial charge in [-0.3, -0.25) is 0 Å². The number of hydrogen-bond acceptors (Lipinski definition) is 6. The van der Waals surface area contributed by atoms with Crippen LogP contribution in [0.25, 0.3) is 11.0 Å². The Hall–Kier alpha value is -2.80. The number of H-pyrrole nitrogens is 1. The SMILES string of the molecule is c1cc2c(NC3CC3)nc(Nc3ccc(N4CCNCC4)cc3)nc2[nH]1. The highest BCUT2D eigenvalue weighted by Gasteiger charge is 2.23. The van der Waals surface area contributed by atoms with E-state index in [1.165, 1.54) is 18.5 Å². The van der Waals surface area contributed by atoms with E-state index >= 15 is 0 Å². The van der Waals surface area contributed by atoms with Crippen LogP contribution in [0, 0.1) is 0 Å². The van der Waals surface area contributed by atoms with Crippen molar-refractivity contribution in [3.63, 3.8) is 0 Å². The number of nitrogens with zero attached hydrogens (tertiary/aromatic N) is 3. The zero-order valence-corrected chi connectivity index (χ0v) is 14.6. The van der Waals surface area contributed by atoms with Gasteiger partial charge in [0.2, 0.25) is 5.95 Å². The summed E-state index contributed by atoms with van der Waals surface area (Å²) in [6.07, 6.45) is 4.34. The summed E-state index contributed by atoms with van der Waals surface area (Å²) in [7, 11) is 0. The van der Waals surface area contributed by atoms with Gasteiger partial charge in [-0.2, -0.15) is 9.97 Å². The zero-order valence-electron chi connectivity index (χ0n) is 14.6. The maximum Gasteiger partial charge on any atom is 0.231 e. The second kappa shape index (κ2) is 6.49. The van der Waals surface area contributed by atoms with Crippen LogP contribution in [0.4, 0.5) is 23.1 Å². The Morgan fingerprint density at radius 1 is 1.00 bits per heavy atom. The highest BCUT2D eigenvalue weighted by Crippen LogP contribution is 2.29. The van der Waals surface area contributed by atoms with Gasteiger partial charge in [-0.25, -0.2) is 0 Å². The van der Waals surface area contributed by atoms with Gasteiger partial charge in [-0.15, -0.1) is 0 Å². The third-order valence-corrected chi connectivity index (χ3v) is 4.94. The fourth-order valence-electron chi connectivity index (χ4n) is 3.34. The first kappa shape index (κ1) is 15.5. The van der Waals surface area contributed by atoms with Crippen LogP contribution in [0.3, 0.4) is 0 Å². The molecule has 1 aliphatic heterocycles. The molecule has 7 heteroatoms. The van der Waals surface area contributed by atoms with Crippen LogP contribution >= 0.6 is 0 Å². The van der Waals surface area contributed by atoms with E-state index in [-0.39, 0.29) is 0 Å². The summed E-state index contributed by atoms with van der Waals surface area (Å²) in [6, 6.07) is 11.1. The molecule has 3 heterocycles. The van der Waals surface area contributed by atoms with E-state index in [1.54, 1.807) is 0 Å². The smallest absolute Gasteiger partial charge is 0.231 e. The summed E-state index contributed by atoms with van der Waals surface area (Å²) in [5.41, 5.74) is 3.10. The second-order valence-corrected chi connectivity index (χ2v) is 6.96. The molecule has 1 aliphatic carbocycles. The van der Waals surface area contributed by atoms with Crippen LogP contribution in [-0.4, -0.2) is 47.2 Å². The first-order valence-electron chi connectivity index (χ1n) is 9.29. The minimum Gasteiger partial charge on any atom is -0.369 e. The molecule has 4 N–H and O–H groups in total. The number of nitrogens with one attached hydrogen (secondary N) is 4. The van der Waals surface area contributed by atoms with Crippen molar-refractivity contribution in [2.24, 2.45) is 0 Å². The topological polar surface area (TPSA) is 80.9 Å². The van der Waals surface area contributed by atoms with Gasteiger partial charge >= 0.3 is 0 Å². The van der Waals surface area contributed by atoms with Crippen molar-refractivity contribution in [1.82, 2.24) is 20.3 Å². The van der Waals surface area contributed by atoms with E-state index in [1.807, 2.05) is 12.3 Å². The molecule has 1 saturated carbocycles. The van der Waals surface area contributed by atoms with Crippen LogP contribution in [0.15, 0.2) is 36.5 Å². The van der Waals surface area contributed by atoms with Crippen molar-refractivity contribution >= 4 is 34.2 Å². The Balaban J connectivity index is 1.36. The number of benzene rings is 1. The summed E-state index contributed by atoms with van der Waals surface area (Å²) in [6.45, 7) is 4.19. The lowest BCUT2D eigenvalue weighted by atomic mass is 10.2. The van der Waals surface area contributed by atoms with Crippen molar-refractivity contribution < 1.29 is 0 Å². The van der Waals surface area contributed by atoms with Gasteiger partial charge < -0.3 is 25.8 Å². The highest BCUT2D eigenvalue weighted by atomic mass is 15.2. The van der Waals surface area contributed by atoms with Crippen LogP contribution in [0.1, 0.15) is 12.8 Å². The van der Waals surface area contributed by atoms with Gasteiger partial charge in [0.1, 0.15) is 11.5 Å². The first-order chi connectivity index (χ1) is 12.8. The van der Waals surface area contributed by atoms with Gasteiger partial charge in [-0.05, 0) is 43.2 Å². The molecule has 2 aromatic heterocycles. The van der Waals surface area contributed by atoms with E-state index in [2.05, 4.69) is 60.1 Å². The lowest BCUT2D eigenvalue weighted by Gasteiger charge is -2.29. The molecule has 7 nitrogen and oxygen atoms in total. The van der Waals surface area contributed by atoms with Gasteiger partial charge in [-0.1, -0.05) is 0 Å². The van der Waals surface area contributed by atoms with E-state index < -0.39 is 0 Å². The van der Waals surface area contributed by atoms with E-state index in [0.717, 1.165) is 48.7 Å². The maximum absolute atomic E-state index is 4.69. The second-order valence-electron chi connectivity index (χ2n) is 6.96. The third-order valence-electron chi connectivity index (χ3n) is 4.94. The Bertz CT molecular complexity index is 892. The number of aromatic nitrogens is 3. The van der Waals surface area contributed by atoms with E-state index in [0.29, 0.717) is 12.0 Å². The number of fused-ring (bicyclic) bond motifs is 1. The predicted octanol–water partition coefficient (Wildman–Crippen LogP) is 2.69. The van der Waals surface area contributed by atoms with E-state index in [9.17, 15) is 0 Å². The van der Waals surface area contributed by atoms with Gasteiger partial charge in [0.15, 0.2) is 0 Å². The summed E-state index contributed by atoms with van der Waals surface area (Å²) >= 11 is 0. The minimum atomic E-state index is 0.550. The molecule has 0 atom stereocenters. The average molecular weight is 349 g/mol. The maximum atomic E-state index is 4.69. The molecule has 0 unspecified atom stereocenters. The zero-order chi connectivity index (χ0) is 17.3. The largest absolute Gasteiger partial charge is 0.369 e. The number of piperazine rings is 1. The quantitative estimate of drug-likeness (QED) is 0.567. The molecule has 0 radical (unpaired) electrons. The monoisotopic (exact) mass is 349 g/mol. The fourth-order valence-corrected chi connectivity index (χ4v) is 3.34. The molecule has 0 spiro atoms.